The number of carbonyl (C=O) groups excluding carboxylic acids is 1. The zero-order valence-corrected chi connectivity index (χ0v) is 16.8. The number of imidazole rings is 1. The number of aromatic amines is 1. The zero-order chi connectivity index (χ0) is 20.5. The number of nitrogens with zero attached hydrogens (tertiary/aromatic N) is 3. The van der Waals surface area contributed by atoms with Crippen LogP contribution in [0.5, 0.6) is 0 Å². The van der Waals surface area contributed by atoms with Crippen molar-refractivity contribution in [2.75, 3.05) is 18.4 Å². The van der Waals surface area contributed by atoms with E-state index in [1.54, 1.807) is 12.1 Å². The number of thiazole rings is 1. The monoisotopic (exact) mass is 421 g/mol. The van der Waals surface area contributed by atoms with E-state index in [9.17, 15) is 13.6 Å². The molecule has 1 aromatic carbocycles. The highest BCUT2D eigenvalue weighted by atomic mass is 32.1. The Morgan fingerprint density at radius 1 is 1.34 bits per heavy atom. The van der Waals surface area contributed by atoms with Gasteiger partial charge in [-0.05, 0) is 32.0 Å². The number of ether oxygens (including phenoxy) is 1. The number of hydrogen-bond acceptors (Lipinski definition) is 6. The number of H-pyrrole nitrogens is 1. The van der Waals surface area contributed by atoms with Crippen LogP contribution in [0.25, 0.3) is 11.0 Å². The van der Waals surface area contributed by atoms with Crippen LogP contribution < -0.4 is 5.32 Å². The fraction of sp³-hybridized carbons (Fsp3) is 0.421. The fourth-order valence-electron chi connectivity index (χ4n) is 3.52. The topological polar surface area (TPSA) is 83.1 Å². The number of alkyl halides is 2. The molecule has 2 N–H and O–H groups in total. The van der Waals surface area contributed by atoms with Crippen molar-refractivity contribution in [2.45, 2.75) is 39.0 Å². The van der Waals surface area contributed by atoms with Crippen LogP contribution >= 0.6 is 11.3 Å². The molecule has 1 aliphatic rings. The first-order chi connectivity index (χ1) is 13.9. The molecule has 2 aromatic heterocycles. The molecule has 0 spiro atoms. The van der Waals surface area contributed by atoms with Gasteiger partial charge >= 0.3 is 0 Å². The Morgan fingerprint density at radius 3 is 2.83 bits per heavy atom. The highest BCUT2D eigenvalue weighted by Gasteiger charge is 2.23. The Bertz CT molecular complexity index is 1010. The number of carbonyl (C=O) groups is 1. The lowest BCUT2D eigenvalue weighted by Crippen LogP contribution is -2.44. The van der Waals surface area contributed by atoms with Crippen LogP contribution in [0, 0.1) is 0 Å². The number of rotatable bonds is 5. The highest BCUT2D eigenvalue weighted by molar-refractivity contribution is 7.14. The van der Waals surface area contributed by atoms with Crippen molar-refractivity contribution in [3.8, 4) is 0 Å². The molecule has 1 amide bonds. The molecule has 0 saturated carbocycles. The molecular weight excluding hydrogens is 400 g/mol. The predicted octanol–water partition coefficient (Wildman–Crippen LogP) is 3.82. The van der Waals surface area contributed by atoms with Crippen LogP contribution in [0.4, 0.5) is 13.9 Å². The smallest absolute Gasteiger partial charge is 0.295 e. The van der Waals surface area contributed by atoms with Gasteiger partial charge in [0.05, 0.1) is 28.9 Å². The number of aromatic nitrogens is 3. The summed E-state index contributed by atoms with van der Waals surface area (Å²) in [6, 6.07) is 4.61. The van der Waals surface area contributed by atoms with E-state index < -0.39 is 12.2 Å². The lowest BCUT2D eigenvalue weighted by atomic mass is 10.2. The summed E-state index contributed by atoms with van der Waals surface area (Å²) < 4.78 is 31.3. The third-order valence-electron chi connectivity index (χ3n) is 4.62. The maximum Gasteiger partial charge on any atom is 0.295 e. The molecule has 1 fully saturated rings. The van der Waals surface area contributed by atoms with E-state index in [-0.39, 0.29) is 18.1 Å². The second-order valence-corrected chi connectivity index (χ2v) is 8.06. The van der Waals surface area contributed by atoms with Crippen molar-refractivity contribution in [3.63, 3.8) is 0 Å². The molecule has 7 nitrogen and oxygen atoms in total. The molecule has 29 heavy (non-hydrogen) atoms. The van der Waals surface area contributed by atoms with Crippen LogP contribution in [0.2, 0.25) is 0 Å². The minimum Gasteiger partial charge on any atom is -0.373 e. The Balaban J connectivity index is 1.41. The molecule has 1 aliphatic heterocycles. The number of amides is 1. The normalized spacial score (nSPS) is 20.4. The van der Waals surface area contributed by atoms with Gasteiger partial charge in [-0.2, -0.15) is 0 Å². The van der Waals surface area contributed by atoms with Gasteiger partial charge in [-0.15, -0.1) is 11.3 Å². The van der Waals surface area contributed by atoms with Gasteiger partial charge in [0.15, 0.2) is 11.0 Å². The maximum atomic E-state index is 12.8. The SMILES string of the molecule is CC1CN(Cc2csc(NC(=O)c3ccc4nc(C(F)F)[nH]c4c3)n2)CC(C)O1. The third-order valence-corrected chi connectivity index (χ3v) is 5.43. The Hall–Kier alpha value is -2.43. The number of fused-ring (bicyclic) bond motifs is 1. The lowest BCUT2D eigenvalue weighted by molar-refractivity contribution is -0.0707. The molecule has 0 radical (unpaired) electrons. The third kappa shape index (κ3) is 4.60. The second-order valence-electron chi connectivity index (χ2n) is 7.20. The van der Waals surface area contributed by atoms with Gasteiger partial charge in [-0.1, -0.05) is 0 Å². The molecule has 1 saturated heterocycles. The Morgan fingerprint density at radius 2 is 2.10 bits per heavy atom. The quantitative estimate of drug-likeness (QED) is 0.654. The van der Waals surface area contributed by atoms with Gasteiger partial charge in [-0.25, -0.2) is 18.7 Å². The summed E-state index contributed by atoms with van der Waals surface area (Å²) in [6.45, 7) is 6.48. The van der Waals surface area contributed by atoms with Crippen LogP contribution in [0.3, 0.4) is 0 Å². The van der Waals surface area contributed by atoms with Crippen molar-refractivity contribution in [1.82, 2.24) is 19.9 Å². The summed E-state index contributed by atoms with van der Waals surface area (Å²) >= 11 is 1.35. The Labute approximate surface area is 170 Å². The molecule has 3 aromatic rings. The zero-order valence-electron chi connectivity index (χ0n) is 16.0. The molecule has 0 aliphatic carbocycles. The van der Waals surface area contributed by atoms with Crippen molar-refractivity contribution in [2.24, 2.45) is 0 Å². The minimum absolute atomic E-state index is 0.180. The van der Waals surface area contributed by atoms with E-state index in [4.69, 9.17) is 4.74 Å². The molecule has 154 valence electrons. The number of halogens is 2. The number of hydrogen-bond donors (Lipinski definition) is 2. The van der Waals surface area contributed by atoms with E-state index in [0.717, 1.165) is 18.8 Å². The van der Waals surface area contributed by atoms with Gasteiger partial charge in [-0.3, -0.25) is 15.0 Å². The first-order valence-corrected chi connectivity index (χ1v) is 10.2. The molecule has 2 atom stereocenters. The summed E-state index contributed by atoms with van der Waals surface area (Å²) in [5.41, 5.74) is 2.01. The van der Waals surface area contributed by atoms with E-state index >= 15 is 0 Å². The lowest BCUT2D eigenvalue weighted by Gasteiger charge is -2.34. The van der Waals surface area contributed by atoms with Gasteiger partial charge < -0.3 is 9.72 Å². The van der Waals surface area contributed by atoms with Crippen molar-refractivity contribution in [1.29, 1.82) is 0 Å². The van der Waals surface area contributed by atoms with E-state index in [1.807, 2.05) is 5.38 Å². The summed E-state index contributed by atoms with van der Waals surface area (Å²) in [5.74, 6) is -0.761. The van der Waals surface area contributed by atoms with Crippen LogP contribution in [-0.4, -0.2) is 51.1 Å². The van der Waals surface area contributed by atoms with Gasteiger partial charge in [0.25, 0.3) is 12.3 Å². The standard InChI is InChI=1S/C19H21F2N5O2S/c1-10-6-26(7-11(2)28-10)8-13-9-29-19(22-13)25-18(27)12-3-4-14-15(5-12)24-17(23-14)16(20)21/h3-5,9-11,16H,6-8H2,1-2H3,(H,23,24)(H,22,25,27). The van der Waals surface area contributed by atoms with Gasteiger partial charge in [0.2, 0.25) is 0 Å². The van der Waals surface area contributed by atoms with Gasteiger partial charge in [0.1, 0.15) is 0 Å². The number of benzene rings is 1. The molecule has 0 bridgehead atoms. The van der Waals surface area contributed by atoms with E-state index in [1.165, 1.54) is 17.4 Å². The molecular formula is C19H21F2N5O2S. The average molecular weight is 421 g/mol. The van der Waals surface area contributed by atoms with E-state index in [2.05, 4.69) is 39.0 Å². The summed E-state index contributed by atoms with van der Waals surface area (Å²) in [5, 5.41) is 5.19. The highest BCUT2D eigenvalue weighted by Crippen LogP contribution is 2.23. The summed E-state index contributed by atoms with van der Waals surface area (Å²) in [4.78, 5) is 25.7. The largest absolute Gasteiger partial charge is 0.373 e. The molecule has 2 unspecified atom stereocenters. The Kier molecular flexibility index (Phi) is 5.57. The molecule has 3 heterocycles. The maximum absolute atomic E-state index is 12.8. The van der Waals surface area contributed by atoms with Crippen molar-refractivity contribution < 1.29 is 18.3 Å². The van der Waals surface area contributed by atoms with Crippen molar-refractivity contribution >= 4 is 33.4 Å². The fourth-order valence-corrected chi connectivity index (χ4v) is 4.22. The first kappa shape index (κ1) is 19.9. The molecule has 10 heteroatoms. The number of anilines is 1. The average Bonchev–Trinajstić information content (AvgIpc) is 3.26. The van der Waals surface area contributed by atoms with Crippen LogP contribution in [0.1, 0.15) is 42.1 Å². The second kappa shape index (κ2) is 8.13. The number of morpholine rings is 1. The van der Waals surface area contributed by atoms with E-state index in [0.29, 0.717) is 28.3 Å². The number of nitrogens with one attached hydrogen (secondary N) is 2. The minimum atomic E-state index is -2.69. The van der Waals surface area contributed by atoms with Crippen LogP contribution in [0.15, 0.2) is 23.6 Å². The predicted molar refractivity (Wildman–Crippen MR) is 106 cm³/mol. The van der Waals surface area contributed by atoms with Crippen molar-refractivity contribution in [3.05, 3.63) is 40.7 Å². The molecule has 4 rings (SSSR count). The van der Waals surface area contributed by atoms with Crippen LogP contribution in [-0.2, 0) is 11.3 Å². The summed E-state index contributed by atoms with van der Waals surface area (Å²) in [7, 11) is 0. The first-order valence-electron chi connectivity index (χ1n) is 9.29. The van der Waals surface area contributed by atoms with Gasteiger partial charge in [0, 0.05) is 30.6 Å². The summed E-state index contributed by atoms with van der Waals surface area (Å²) in [6.07, 6.45) is -2.33.